The highest BCUT2D eigenvalue weighted by molar-refractivity contribution is 7.93. The lowest BCUT2D eigenvalue weighted by Gasteiger charge is -2.49. The van der Waals surface area contributed by atoms with Gasteiger partial charge >= 0.3 is 0 Å². The second-order valence-electron chi connectivity index (χ2n) is 8.36. The third-order valence-electron chi connectivity index (χ3n) is 5.84. The molecule has 0 bridgehead atoms. The molecular weight excluding hydrogens is 378 g/mol. The number of nitrogens with zero attached hydrogens (tertiary/aromatic N) is 3. The molecule has 2 aliphatic rings. The highest BCUT2D eigenvalue weighted by atomic mass is 32.2. The Balaban J connectivity index is 1.51. The Labute approximate surface area is 166 Å². The first-order valence-electron chi connectivity index (χ1n) is 9.73. The summed E-state index contributed by atoms with van der Waals surface area (Å²) < 4.78 is 35.6. The topological polar surface area (TPSA) is 85.5 Å². The summed E-state index contributed by atoms with van der Waals surface area (Å²) in [4.78, 5) is 6.78. The van der Waals surface area contributed by atoms with E-state index in [1.807, 2.05) is 24.3 Å². The zero-order chi connectivity index (χ0) is 19.9. The number of hydrogen-bond donors (Lipinski definition) is 0. The summed E-state index contributed by atoms with van der Waals surface area (Å²) >= 11 is 0. The standard InChI is InChI=1S/C20H27N3O4S/c1-14(2)11-23-12-20(13-23)17(8-9-28(20,24)25)19-21-18(22-27-19)10-15-4-6-16(26-3)7-5-15/h4-7,14,17H,8-13H2,1-3H3. The predicted molar refractivity (Wildman–Crippen MR) is 105 cm³/mol. The van der Waals surface area contributed by atoms with Gasteiger partial charge in [0.25, 0.3) is 0 Å². The normalized spacial score (nSPS) is 23.2. The molecule has 0 saturated carbocycles. The lowest BCUT2D eigenvalue weighted by Crippen LogP contribution is -2.66. The Kier molecular flexibility index (Phi) is 4.95. The maximum atomic E-state index is 12.8. The second kappa shape index (κ2) is 7.15. The Hall–Kier alpha value is -1.93. The Bertz CT molecular complexity index is 931. The molecule has 0 radical (unpaired) electrons. The lowest BCUT2D eigenvalue weighted by atomic mass is 9.82. The quantitative estimate of drug-likeness (QED) is 0.729. The van der Waals surface area contributed by atoms with Gasteiger partial charge in [0.1, 0.15) is 10.5 Å². The molecule has 8 heteroatoms. The fraction of sp³-hybridized carbons (Fsp3) is 0.600. The summed E-state index contributed by atoms with van der Waals surface area (Å²) in [6.45, 7) is 6.34. The van der Waals surface area contributed by atoms with Gasteiger partial charge in [-0.25, -0.2) is 8.42 Å². The van der Waals surface area contributed by atoms with E-state index in [0.29, 0.717) is 43.6 Å². The number of hydrogen-bond acceptors (Lipinski definition) is 7. The van der Waals surface area contributed by atoms with Crippen molar-refractivity contribution in [1.29, 1.82) is 0 Å². The van der Waals surface area contributed by atoms with Gasteiger partial charge in [0.2, 0.25) is 5.89 Å². The van der Waals surface area contributed by atoms with Crippen molar-refractivity contribution in [2.45, 2.75) is 37.4 Å². The Morgan fingerprint density at radius 1 is 1.29 bits per heavy atom. The minimum absolute atomic E-state index is 0.198. The van der Waals surface area contributed by atoms with Crippen LogP contribution in [0.4, 0.5) is 0 Å². The van der Waals surface area contributed by atoms with Gasteiger partial charge in [0.05, 0.1) is 18.8 Å². The molecular formula is C20H27N3O4S. The second-order valence-corrected chi connectivity index (χ2v) is 10.8. The van der Waals surface area contributed by atoms with Gasteiger partial charge in [-0.3, -0.25) is 4.90 Å². The number of sulfone groups is 1. The highest BCUT2D eigenvalue weighted by Gasteiger charge is 2.63. The van der Waals surface area contributed by atoms with Crippen LogP contribution < -0.4 is 4.74 Å². The van der Waals surface area contributed by atoms with Crippen molar-refractivity contribution in [2.75, 3.05) is 32.5 Å². The molecule has 3 heterocycles. The van der Waals surface area contributed by atoms with Gasteiger partial charge in [-0.2, -0.15) is 4.98 Å². The number of likely N-dealkylation sites (tertiary alicyclic amines) is 1. The molecule has 2 saturated heterocycles. The zero-order valence-electron chi connectivity index (χ0n) is 16.6. The SMILES string of the molecule is COc1ccc(Cc2noc(C3CCS(=O)(=O)C34CN(CC(C)C)C4)n2)cc1. The first-order valence-corrected chi connectivity index (χ1v) is 11.4. The molecule has 2 fully saturated rings. The predicted octanol–water partition coefficient (Wildman–Crippen LogP) is 2.28. The number of rotatable bonds is 6. The molecule has 1 aromatic carbocycles. The Morgan fingerprint density at radius 2 is 2.00 bits per heavy atom. The fourth-order valence-electron chi connectivity index (χ4n) is 4.48. The number of benzene rings is 1. The molecule has 1 spiro atoms. The summed E-state index contributed by atoms with van der Waals surface area (Å²) in [5, 5.41) is 4.11. The summed E-state index contributed by atoms with van der Waals surface area (Å²) in [6.07, 6.45) is 1.10. The van der Waals surface area contributed by atoms with Crippen molar-refractivity contribution in [3.63, 3.8) is 0 Å². The van der Waals surface area contributed by atoms with Gasteiger partial charge in [-0.1, -0.05) is 31.1 Å². The minimum atomic E-state index is -3.16. The van der Waals surface area contributed by atoms with Crippen LogP contribution in [0.2, 0.25) is 0 Å². The van der Waals surface area contributed by atoms with Gasteiger partial charge in [0.15, 0.2) is 15.7 Å². The van der Waals surface area contributed by atoms with Gasteiger partial charge in [-0.05, 0) is 30.0 Å². The molecule has 2 aliphatic heterocycles. The van der Waals surface area contributed by atoms with Crippen molar-refractivity contribution < 1.29 is 17.7 Å². The largest absolute Gasteiger partial charge is 0.497 e. The van der Waals surface area contributed by atoms with E-state index in [2.05, 4.69) is 28.9 Å². The van der Waals surface area contributed by atoms with Crippen LogP contribution in [0.15, 0.2) is 28.8 Å². The first kappa shape index (κ1) is 19.4. The molecule has 152 valence electrons. The molecule has 28 heavy (non-hydrogen) atoms. The highest BCUT2D eigenvalue weighted by Crippen LogP contribution is 2.49. The van der Waals surface area contributed by atoms with E-state index in [9.17, 15) is 8.42 Å². The van der Waals surface area contributed by atoms with Crippen molar-refractivity contribution in [2.24, 2.45) is 5.92 Å². The molecule has 0 amide bonds. The van der Waals surface area contributed by atoms with E-state index in [0.717, 1.165) is 17.9 Å². The van der Waals surface area contributed by atoms with E-state index in [1.54, 1.807) is 7.11 Å². The van der Waals surface area contributed by atoms with E-state index in [4.69, 9.17) is 9.26 Å². The molecule has 1 atom stereocenters. The van der Waals surface area contributed by atoms with E-state index < -0.39 is 14.6 Å². The average molecular weight is 406 g/mol. The van der Waals surface area contributed by atoms with E-state index in [-0.39, 0.29) is 11.7 Å². The number of ether oxygens (including phenoxy) is 1. The summed E-state index contributed by atoms with van der Waals surface area (Å²) in [5.74, 6) is 2.35. The monoisotopic (exact) mass is 405 g/mol. The van der Waals surface area contributed by atoms with Crippen molar-refractivity contribution in [3.8, 4) is 5.75 Å². The van der Waals surface area contributed by atoms with Crippen LogP contribution in [-0.4, -0.2) is 60.7 Å². The Morgan fingerprint density at radius 3 is 2.64 bits per heavy atom. The summed E-state index contributed by atoms with van der Waals surface area (Å²) in [5.41, 5.74) is 1.05. The van der Waals surface area contributed by atoms with Crippen molar-refractivity contribution >= 4 is 9.84 Å². The smallest absolute Gasteiger partial charge is 0.231 e. The molecule has 1 unspecified atom stereocenters. The van der Waals surface area contributed by atoms with Gasteiger partial charge < -0.3 is 9.26 Å². The fourth-order valence-corrected chi connectivity index (χ4v) is 6.85. The van der Waals surface area contributed by atoms with Crippen LogP contribution in [-0.2, 0) is 16.3 Å². The lowest BCUT2D eigenvalue weighted by molar-refractivity contribution is 0.0853. The minimum Gasteiger partial charge on any atom is -0.497 e. The van der Waals surface area contributed by atoms with Crippen LogP contribution in [0.25, 0.3) is 0 Å². The zero-order valence-corrected chi connectivity index (χ0v) is 17.4. The van der Waals surface area contributed by atoms with Crippen molar-refractivity contribution in [3.05, 3.63) is 41.5 Å². The average Bonchev–Trinajstić information content (AvgIpc) is 3.17. The summed E-state index contributed by atoms with van der Waals surface area (Å²) in [7, 11) is -1.52. The molecule has 0 aliphatic carbocycles. The van der Waals surface area contributed by atoms with Gasteiger partial charge in [-0.15, -0.1) is 0 Å². The number of methoxy groups -OCH3 is 1. The molecule has 1 aromatic heterocycles. The van der Waals surface area contributed by atoms with Crippen LogP contribution in [0.3, 0.4) is 0 Å². The molecule has 7 nitrogen and oxygen atoms in total. The third kappa shape index (κ3) is 3.33. The van der Waals surface area contributed by atoms with E-state index >= 15 is 0 Å². The maximum Gasteiger partial charge on any atom is 0.231 e. The maximum absolute atomic E-state index is 12.8. The third-order valence-corrected chi connectivity index (χ3v) is 8.39. The molecule has 2 aromatic rings. The van der Waals surface area contributed by atoms with Crippen LogP contribution in [0.5, 0.6) is 5.75 Å². The first-order chi connectivity index (χ1) is 13.3. The van der Waals surface area contributed by atoms with Gasteiger partial charge in [0, 0.05) is 26.1 Å². The molecule has 4 rings (SSSR count). The van der Waals surface area contributed by atoms with E-state index in [1.165, 1.54) is 0 Å². The summed E-state index contributed by atoms with van der Waals surface area (Å²) in [6, 6.07) is 7.72. The number of aromatic nitrogens is 2. The van der Waals surface area contributed by atoms with Crippen LogP contribution in [0.1, 0.15) is 43.5 Å². The van der Waals surface area contributed by atoms with Crippen LogP contribution >= 0.6 is 0 Å². The van der Waals surface area contributed by atoms with Crippen molar-refractivity contribution in [1.82, 2.24) is 15.0 Å². The van der Waals surface area contributed by atoms with Crippen LogP contribution in [0, 0.1) is 5.92 Å². The molecule has 0 N–H and O–H groups in total.